The van der Waals surface area contributed by atoms with E-state index in [1.54, 1.807) is 0 Å². The zero-order valence-corrected chi connectivity index (χ0v) is 14.2. The second-order valence-corrected chi connectivity index (χ2v) is 7.92. The van der Waals surface area contributed by atoms with Crippen LogP contribution >= 0.6 is 27.5 Å². The van der Waals surface area contributed by atoms with Gasteiger partial charge in [0.15, 0.2) is 0 Å². The number of nitrogens with zero attached hydrogens (tertiary/aromatic N) is 1. The fourth-order valence-corrected chi connectivity index (χ4v) is 4.79. The molecule has 0 bridgehead atoms. The van der Waals surface area contributed by atoms with Crippen molar-refractivity contribution in [3.8, 4) is 0 Å². The van der Waals surface area contributed by atoms with Gasteiger partial charge < -0.3 is 10.6 Å². The van der Waals surface area contributed by atoms with Gasteiger partial charge in [-0.1, -0.05) is 11.6 Å². The second-order valence-electron chi connectivity index (χ2n) is 5.01. The minimum atomic E-state index is -3.63. The fraction of sp³-hybridized carbons (Fsp3) is 0.500. The first-order chi connectivity index (χ1) is 9.29. The van der Waals surface area contributed by atoms with E-state index in [1.165, 1.54) is 12.1 Å². The predicted molar refractivity (Wildman–Crippen MR) is 84.4 cm³/mol. The van der Waals surface area contributed by atoms with Crippen LogP contribution in [0, 0.1) is 0 Å². The average Bonchev–Trinajstić information content (AvgIpc) is 2.36. The highest BCUT2D eigenvalue weighted by atomic mass is 79.9. The van der Waals surface area contributed by atoms with Gasteiger partial charge in [0.1, 0.15) is 0 Å². The average molecular weight is 383 g/mol. The molecule has 3 N–H and O–H groups in total. The summed E-state index contributed by atoms with van der Waals surface area (Å²) in [5.41, 5.74) is 6.05. The summed E-state index contributed by atoms with van der Waals surface area (Å²) in [5.74, 6) is 0. The lowest BCUT2D eigenvalue weighted by Crippen LogP contribution is -2.43. The molecule has 1 aliphatic heterocycles. The molecule has 1 saturated heterocycles. The summed E-state index contributed by atoms with van der Waals surface area (Å²) in [6.45, 7) is 1.76. The molecule has 0 aromatic heterocycles. The maximum Gasteiger partial charge on any atom is 0.242 e. The lowest BCUT2D eigenvalue weighted by Gasteiger charge is -2.29. The molecule has 0 amide bonds. The van der Waals surface area contributed by atoms with Crippen molar-refractivity contribution in [2.45, 2.75) is 23.8 Å². The number of rotatable bonds is 3. The van der Waals surface area contributed by atoms with Crippen LogP contribution in [0.2, 0.25) is 5.02 Å². The minimum Gasteiger partial charge on any atom is -0.398 e. The van der Waals surface area contributed by atoms with Crippen LogP contribution < -0.4 is 10.5 Å². The smallest absolute Gasteiger partial charge is 0.242 e. The number of benzene rings is 1. The van der Waals surface area contributed by atoms with Gasteiger partial charge in [-0.15, -0.1) is 0 Å². The molecule has 1 aliphatic rings. The number of nitrogen functional groups attached to an aromatic ring is 1. The molecule has 0 spiro atoms. The summed E-state index contributed by atoms with van der Waals surface area (Å²) < 4.78 is 28.0. The molecule has 1 aromatic rings. The van der Waals surface area contributed by atoms with E-state index >= 15 is 0 Å². The number of nitrogens with two attached hydrogens (primary N) is 1. The molecular weight excluding hydrogens is 366 g/mol. The topological polar surface area (TPSA) is 75.4 Å². The number of piperidine rings is 1. The van der Waals surface area contributed by atoms with Crippen molar-refractivity contribution in [2.75, 3.05) is 25.9 Å². The first kappa shape index (κ1) is 16.0. The molecular formula is C12H17BrClN3O2S. The van der Waals surface area contributed by atoms with Crippen molar-refractivity contribution in [1.82, 2.24) is 9.62 Å². The lowest BCUT2D eigenvalue weighted by molar-refractivity contribution is 0.248. The molecule has 112 valence electrons. The molecule has 8 heteroatoms. The normalized spacial score (nSPS) is 18.4. The summed E-state index contributed by atoms with van der Waals surface area (Å²) in [5, 5.41) is 0.300. The molecule has 1 fully saturated rings. The highest BCUT2D eigenvalue weighted by Crippen LogP contribution is 2.31. The van der Waals surface area contributed by atoms with Gasteiger partial charge in [-0.05, 0) is 61.0 Å². The molecule has 1 aromatic carbocycles. The van der Waals surface area contributed by atoms with Crippen molar-refractivity contribution in [1.29, 1.82) is 0 Å². The summed E-state index contributed by atoms with van der Waals surface area (Å²) in [6.07, 6.45) is 1.59. The van der Waals surface area contributed by atoms with Gasteiger partial charge in [-0.3, -0.25) is 0 Å². The Kier molecular flexibility index (Phi) is 4.96. The van der Waals surface area contributed by atoms with Crippen LogP contribution in [-0.4, -0.2) is 39.5 Å². The van der Waals surface area contributed by atoms with E-state index in [2.05, 4.69) is 25.6 Å². The zero-order valence-electron chi connectivity index (χ0n) is 11.1. The number of likely N-dealkylation sites (tertiary alicyclic amines) is 1. The Balaban J connectivity index is 2.23. The quantitative estimate of drug-likeness (QED) is 0.785. The number of anilines is 1. The van der Waals surface area contributed by atoms with Gasteiger partial charge in [0.25, 0.3) is 0 Å². The molecule has 0 unspecified atom stereocenters. The number of nitrogens with one attached hydrogen (secondary N) is 1. The first-order valence-electron chi connectivity index (χ1n) is 6.25. The SMILES string of the molecule is CN1CCC(NS(=O)(=O)c2cc(Cl)cc(N)c2Br)CC1. The van der Waals surface area contributed by atoms with E-state index in [4.69, 9.17) is 17.3 Å². The molecule has 0 radical (unpaired) electrons. The molecule has 0 aliphatic carbocycles. The zero-order chi connectivity index (χ0) is 14.9. The Morgan fingerprint density at radius 3 is 2.60 bits per heavy atom. The van der Waals surface area contributed by atoms with Crippen LogP contribution in [0.15, 0.2) is 21.5 Å². The molecule has 2 rings (SSSR count). The van der Waals surface area contributed by atoms with E-state index in [1.807, 2.05) is 7.05 Å². The lowest BCUT2D eigenvalue weighted by atomic mass is 10.1. The third kappa shape index (κ3) is 3.65. The highest BCUT2D eigenvalue weighted by Gasteiger charge is 2.26. The van der Waals surface area contributed by atoms with Gasteiger partial charge in [-0.2, -0.15) is 0 Å². The van der Waals surface area contributed by atoms with E-state index in [9.17, 15) is 8.42 Å². The van der Waals surface area contributed by atoms with Gasteiger partial charge in [-0.25, -0.2) is 13.1 Å². The van der Waals surface area contributed by atoms with Crippen LogP contribution in [0.3, 0.4) is 0 Å². The standard InChI is InChI=1S/C12H17BrClN3O2S/c1-17-4-2-9(3-5-17)16-20(18,19)11-7-8(14)6-10(15)12(11)13/h6-7,9,16H,2-5,15H2,1H3. The van der Waals surface area contributed by atoms with Crippen molar-refractivity contribution in [3.05, 3.63) is 21.6 Å². The number of hydrogen-bond donors (Lipinski definition) is 2. The first-order valence-corrected chi connectivity index (χ1v) is 8.90. The largest absolute Gasteiger partial charge is 0.398 e. The number of hydrogen-bond acceptors (Lipinski definition) is 4. The van der Waals surface area contributed by atoms with Gasteiger partial charge in [0.05, 0.1) is 9.37 Å². The van der Waals surface area contributed by atoms with Crippen LogP contribution in [-0.2, 0) is 10.0 Å². The summed E-state index contributed by atoms with van der Waals surface area (Å²) in [7, 11) is -1.61. The van der Waals surface area contributed by atoms with Gasteiger partial charge in [0.2, 0.25) is 10.0 Å². The Morgan fingerprint density at radius 2 is 2.00 bits per heavy atom. The number of halogens is 2. The van der Waals surface area contributed by atoms with Crippen LogP contribution in [0.1, 0.15) is 12.8 Å². The van der Waals surface area contributed by atoms with E-state index in [0.29, 0.717) is 15.2 Å². The molecule has 0 atom stereocenters. The Labute approximate surface area is 132 Å². The van der Waals surface area contributed by atoms with E-state index in [-0.39, 0.29) is 10.9 Å². The van der Waals surface area contributed by atoms with Crippen LogP contribution in [0.5, 0.6) is 0 Å². The van der Waals surface area contributed by atoms with Crippen molar-refractivity contribution >= 4 is 43.2 Å². The molecule has 0 saturated carbocycles. The highest BCUT2D eigenvalue weighted by molar-refractivity contribution is 9.10. The second kappa shape index (κ2) is 6.19. The minimum absolute atomic E-state index is 0.0525. The van der Waals surface area contributed by atoms with Crippen molar-refractivity contribution in [3.63, 3.8) is 0 Å². The number of sulfonamides is 1. The van der Waals surface area contributed by atoms with Crippen LogP contribution in [0.25, 0.3) is 0 Å². The Bertz CT molecular complexity index is 601. The van der Waals surface area contributed by atoms with Crippen LogP contribution in [0.4, 0.5) is 5.69 Å². The Morgan fingerprint density at radius 1 is 1.40 bits per heavy atom. The molecule has 1 heterocycles. The maximum atomic E-state index is 12.4. The third-order valence-electron chi connectivity index (χ3n) is 3.36. The molecule has 5 nitrogen and oxygen atoms in total. The van der Waals surface area contributed by atoms with E-state index < -0.39 is 10.0 Å². The summed E-state index contributed by atoms with van der Waals surface area (Å²) >= 11 is 9.10. The van der Waals surface area contributed by atoms with Gasteiger partial charge in [0, 0.05) is 16.8 Å². The van der Waals surface area contributed by atoms with Gasteiger partial charge >= 0.3 is 0 Å². The maximum absolute atomic E-state index is 12.4. The Hall–Kier alpha value is -0.340. The fourth-order valence-electron chi connectivity index (χ4n) is 2.19. The molecule has 20 heavy (non-hydrogen) atoms. The summed E-state index contributed by atoms with van der Waals surface area (Å²) in [6, 6.07) is 2.86. The van der Waals surface area contributed by atoms with Crippen molar-refractivity contribution < 1.29 is 8.42 Å². The third-order valence-corrected chi connectivity index (χ3v) is 6.27. The monoisotopic (exact) mass is 381 g/mol. The van der Waals surface area contributed by atoms with Crippen molar-refractivity contribution in [2.24, 2.45) is 0 Å². The predicted octanol–water partition coefficient (Wildman–Crippen LogP) is 2.06. The summed E-state index contributed by atoms with van der Waals surface area (Å²) in [4.78, 5) is 2.26. The van der Waals surface area contributed by atoms with E-state index in [0.717, 1.165) is 25.9 Å².